The molecule has 3 rings (SSSR count). The third-order valence-corrected chi connectivity index (χ3v) is 6.55. The Morgan fingerprint density at radius 2 is 1.80 bits per heavy atom. The molecule has 0 aliphatic carbocycles. The minimum Gasteiger partial charge on any atom is -0.493 e. The molecule has 1 atom stereocenters. The van der Waals surface area contributed by atoms with Crippen LogP contribution in [-0.2, 0) is 23.8 Å². The fourth-order valence-electron chi connectivity index (χ4n) is 4.61. The summed E-state index contributed by atoms with van der Waals surface area (Å²) in [5.41, 5.74) is -0.228. The summed E-state index contributed by atoms with van der Waals surface area (Å²) in [6.07, 6.45) is -1.16. The van der Waals surface area contributed by atoms with Gasteiger partial charge in [0.1, 0.15) is 11.3 Å². The van der Waals surface area contributed by atoms with E-state index in [0.717, 1.165) is 10.5 Å². The van der Waals surface area contributed by atoms with Gasteiger partial charge >= 0.3 is 17.8 Å². The summed E-state index contributed by atoms with van der Waals surface area (Å²) in [6, 6.07) is 10.5. The summed E-state index contributed by atoms with van der Waals surface area (Å²) in [5, 5.41) is 2.65. The number of ether oxygens (including phenoxy) is 1. The standard InChI is InChI=1S/C30H35F3N2O5/c1-4-11-22-17-24-25(30(31,32)33)18-26(37)40-28(24)23(12-5-2)27(22)39-16-10-9-15-35(19-36)29(38)34-20(3)21-13-7-6-8-14-21/h6-8,13-14,17-20H,4-5,9-12,15-16H2,1-3H3,(H,34,38). The van der Waals surface area contributed by atoms with E-state index in [2.05, 4.69) is 5.32 Å². The van der Waals surface area contributed by atoms with Gasteiger partial charge in [0, 0.05) is 23.6 Å². The van der Waals surface area contributed by atoms with Gasteiger partial charge in [-0.1, -0.05) is 57.0 Å². The lowest BCUT2D eigenvalue weighted by atomic mass is 9.96. The van der Waals surface area contributed by atoms with Gasteiger partial charge in [0.25, 0.3) is 0 Å². The number of nitrogens with zero attached hydrogens (tertiary/aromatic N) is 1. The number of amides is 3. The van der Waals surface area contributed by atoms with Gasteiger partial charge < -0.3 is 14.5 Å². The lowest BCUT2D eigenvalue weighted by Crippen LogP contribution is -2.40. The molecular weight excluding hydrogens is 525 g/mol. The van der Waals surface area contributed by atoms with E-state index in [1.807, 2.05) is 51.1 Å². The van der Waals surface area contributed by atoms with Crippen LogP contribution in [0.25, 0.3) is 11.0 Å². The second-order valence-electron chi connectivity index (χ2n) is 9.63. The van der Waals surface area contributed by atoms with E-state index < -0.39 is 23.4 Å². The molecule has 0 radical (unpaired) electrons. The van der Waals surface area contributed by atoms with Crippen LogP contribution in [0.2, 0.25) is 0 Å². The van der Waals surface area contributed by atoms with Gasteiger partial charge in [-0.05, 0) is 49.8 Å². The molecule has 10 heteroatoms. The molecule has 0 aliphatic heterocycles. The van der Waals surface area contributed by atoms with Crippen LogP contribution in [0.3, 0.4) is 0 Å². The highest BCUT2D eigenvalue weighted by atomic mass is 19.4. The van der Waals surface area contributed by atoms with E-state index in [4.69, 9.17) is 9.15 Å². The highest BCUT2D eigenvalue weighted by Gasteiger charge is 2.35. The Morgan fingerprint density at radius 3 is 2.42 bits per heavy atom. The summed E-state index contributed by atoms with van der Waals surface area (Å²) >= 11 is 0. The molecule has 7 nitrogen and oxygen atoms in total. The molecule has 1 aromatic heterocycles. The molecule has 1 N–H and O–H groups in total. The number of carbonyl (C=O) groups is 2. The van der Waals surface area contributed by atoms with E-state index in [1.165, 1.54) is 6.07 Å². The van der Waals surface area contributed by atoms with E-state index in [9.17, 15) is 27.6 Å². The highest BCUT2D eigenvalue weighted by molar-refractivity contribution is 5.87. The van der Waals surface area contributed by atoms with Crippen molar-refractivity contribution in [2.24, 2.45) is 0 Å². The average Bonchev–Trinajstić information content (AvgIpc) is 2.91. The number of urea groups is 1. The maximum atomic E-state index is 13.8. The maximum Gasteiger partial charge on any atom is 0.417 e. The largest absolute Gasteiger partial charge is 0.493 e. The van der Waals surface area contributed by atoms with Crippen molar-refractivity contribution in [3.63, 3.8) is 0 Å². The molecule has 0 spiro atoms. The van der Waals surface area contributed by atoms with Crippen molar-refractivity contribution < 1.29 is 31.9 Å². The van der Waals surface area contributed by atoms with Crippen LogP contribution in [0.1, 0.15) is 74.8 Å². The summed E-state index contributed by atoms with van der Waals surface area (Å²) in [7, 11) is 0. The van der Waals surface area contributed by atoms with E-state index in [0.29, 0.717) is 67.9 Å². The number of nitrogens with one attached hydrogen (secondary N) is 1. The molecular formula is C30H35F3N2O5. The number of aryl methyl sites for hydroxylation is 2. The predicted molar refractivity (Wildman–Crippen MR) is 146 cm³/mol. The Morgan fingerprint density at radius 1 is 1.10 bits per heavy atom. The number of halogens is 3. The van der Waals surface area contributed by atoms with Crippen LogP contribution in [0.4, 0.5) is 18.0 Å². The number of imide groups is 1. The topological polar surface area (TPSA) is 88.8 Å². The monoisotopic (exact) mass is 560 g/mol. The molecule has 2 aromatic carbocycles. The van der Waals surface area contributed by atoms with Crippen molar-refractivity contribution in [3.05, 3.63) is 75.1 Å². The van der Waals surface area contributed by atoms with Gasteiger partial charge in [0.15, 0.2) is 0 Å². The lowest BCUT2D eigenvalue weighted by molar-refractivity contribution is -0.136. The number of hydrogen-bond donors (Lipinski definition) is 1. The Kier molecular flexibility index (Phi) is 10.8. The van der Waals surface area contributed by atoms with Crippen molar-refractivity contribution in [2.75, 3.05) is 13.2 Å². The van der Waals surface area contributed by atoms with Gasteiger partial charge in [-0.2, -0.15) is 13.2 Å². The first-order valence-corrected chi connectivity index (χ1v) is 13.5. The SMILES string of the molecule is CCCc1cc2c(C(F)(F)F)cc(=O)oc2c(CCC)c1OCCCCN(C=O)C(=O)NC(C)c1ccccc1. The molecule has 216 valence electrons. The van der Waals surface area contributed by atoms with Crippen molar-refractivity contribution in [1.29, 1.82) is 0 Å². The third kappa shape index (κ3) is 7.64. The van der Waals surface area contributed by atoms with Crippen LogP contribution < -0.4 is 15.7 Å². The minimum absolute atomic E-state index is 0.104. The van der Waals surface area contributed by atoms with Crippen molar-refractivity contribution in [2.45, 2.75) is 71.5 Å². The number of fused-ring (bicyclic) bond motifs is 1. The van der Waals surface area contributed by atoms with E-state index in [-0.39, 0.29) is 30.2 Å². The average molecular weight is 561 g/mol. The summed E-state index contributed by atoms with van der Waals surface area (Å²) in [4.78, 5) is 37.2. The van der Waals surface area contributed by atoms with Crippen LogP contribution in [0.15, 0.2) is 51.7 Å². The zero-order valence-corrected chi connectivity index (χ0v) is 23.0. The molecule has 0 aliphatic rings. The van der Waals surface area contributed by atoms with Gasteiger partial charge in [-0.3, -0.25) is 9.69 Å². The fourth-order valence-corrected chi connectivity index (χ4v) is 4.61. The third-order valence-electron chi connectivity index (χ3n) is 6.55. The molecule has 0 fully saturated rings. The normalized spacial score (nSPS) is 12.2. The molecule has 0 saturated carbocycles. The van der Waals surface area contributed by atoms with Gasteiger partial charge in [-0.15, -0.1) is 0 Å². The molecule has 40 heavy (non-hydrogen) atoms. The second-order valence-corrected chi connectivity index (χ2v) is 9.63. The number of benzene rings is 2. The Balaban J connectivity index is 1.73. The zero-order valence-electron chi connectivity index (χ0n) is 23.0. The fraction of sp³-hybridized carbons (Fsp3) is 0.433. The molecule has 1 heterocycles. The zero-order chi connectivity index (χ0) is 29.3. The van der Waals surface area contributed by atoms with Gasteiger partial charge in [0.05, 0.1) is 18.2 Å². The molecule has 0 saturated heterocycles. The predicted octanol–water partition coefficient (Wildman–Crippen LogP) is 6.81. The minimum atomic E-state index is -4.71. The number of rotatable bonds is 13. The first-order valence-electron chi connectivity index (χ1n) is 13.5. The molecule has 3 aromatic rings. The highest BCUT2D eigenvalue weighted by Crippen LogP contribution is 2.40. The number of unbranched alkanes of at least 4 members (excludes halogenated alkanes) is 1. The Labute approximate surface area is 231 Å². The second kappa shape index (κ2) is 14.0. The number of hydrogen-bond acceptors (Lipinski definition) is 5. The van der Waals surface area contributed by atoms with Gasteiger partial charge in [0.2, 0.25) is 6.41 Å². The summed E-state index contributed by atoms with van der Waals surface area (Å²) < 4.78 is 52.7. The van der Waals surface area contributed by atoms with Crippen molar-refractivity contribution >= 4 is 23.4 Å². The van der Waals surface area contributed by atoms with E-state index >= 15 is 0 Å². The number of carbonyl (C=O) groups excluding carboxylic acids is 2. The van der Waals surface area contributed by atoms with Crippen LogP contribution in [0, 0.1) is 0 Å². The van der Waals surface area contributed by atoms with E-state index in [1.54, 1.807) is 0 Å². The maximum absolute atomic E-state index is 13.8. The Hall–Kier alpha value is -3.82. The first-order chi connectivity index (χ1) is 19.1. The lowest BCUT2D eigenvalue weighted by Gasteiger charge is -2.21. The van der Waals surface area contributed by atoms with Crippen molar-refractivity contribution in [3.8, 4) is 5.75 Å². The molecule has 0 bridgehead atoms. The molecule has 1 unspecified atom stereocenters. The number of alkyl halides is 3. The Bertz CT molecular complexity index is 1360. The summed E-state index contributed by atoms with van der Waals surface area (Å²) in [5.74, 6) is 0.431. The quantitative estimate of drug-likeness (QED) is 0.141. The first kappa shape index (κ1) is 30.7. The van der Waals surface area contributed by atoms with Gasteiger partial charge in [-0.25, -0.2) is 9.59 Å². The smallest absolute Gasteiger partial charge is 0.417 e. The van der Waals surface area contributed by atoms with Crippen LogP contribution in [0.5, 0.6) is 5.75 Å². The molecule has 3 amide bonds. The summed E-state index contributed by atoms with van der Waals surface area (Å²) in [6.45, 7) is 6.00. The van der Waals surface area contributed by atoms with Crippen LogP contribution >= 0.6 is 0 Å². The van der Waals surface area contributed by atoms with Crippen LogP contribution in [-0.4, -0.2) is 30.5 Å². The van der Waals surface area contributed by atoms with Crippen molar-refractivity contribution in [1.82, 2.24) is 10.2 Å².